The number of phenols is 1. The fourth-order valence-corrected chi connectivity index (χ4v) is 10.5. The highest BCUT2D eigenvalue weighted by molar-refractivity contribution is 7.22. The number of carbonyl (C=O) groups is 5. The molecule has 8 rings (SSSR count). The number of aryl methyl sites for hydroxylation is 2. The van der Waals surface area contributed by atoms with Crippen LogP contribution in [0.2, 0.25) is 5.02 Å². The zero-order chi connectivity index (χ0) is 37.1. The summed E-state index contributed by atoms with van der Waals surface area (Å²) in [6, 6.07) is 9.02. The van der Waals surface area contributed by atoms with E-state index in [1.165, 1.54) is 47.3 Å². The Labute approximate surface area is 306 Å². The summed E-state index contributed by atoms with van der Waals surface area (Å²) in [5.41, 5.74) is 6.62. The summed E-state index contributed by atoms with van der Waals surface area (Å²) in [6.45, 7) is 3.70. The lowest BCUT2D eigenvalue weighted by Gasteiger charge is -2.49. The molecule has 2 aromatic carbocycles. The number of aromatic hydroxyl groups is 1. The van der Waals surface area contributed by atoms with Gasteiger partial charge in [-0.2, -0.15) is 10.00 Å². The number of allylic oxidation sites excluding steroid dienone is 2. The molecule has 2 aliphatic carbocycles. The highest BCUT2D eigenvalue weighted by Crippen LogP contribution is 2.65. The van der Waals surface area contributed by atoms with E-state index in [0.717, 1.165) is 20.5 Å². The maximum absolute atomic E-state index is 15.1. The van der Waals surface area contributed by atoms with Gasteiger partial charge in [-0.05, 0) is 61.8 Å². The van der Waals surface area contributed by atoms with Crippen molar-refractivity contribution in [1.29, 1.82) is 0 Å². The highest BCUT2D eigenvalue weighted by atomic mass is 35.5. The fourth-order valence-electron chi connectivity index (χ4n) is 9.18. The van der Waals surface area contributed by atoms with Gasteiger partial charge in [-0.3, -0.25) is 23.9 Å². The molecule has 3 N–H and O–H groups in total. The monoisotopic (exact) mass is 743 g/mol. The van der Waals surface area contributed by atoms with Crippen molar-refractivity contribution in [3.05, 3.63) is 64.2 Å². The summed E-state index contributed by atoms with van der Waals surface area (Å²) in [5.74, 6) is -6.29. The third-order valence-electron chi connectivity index (χ3n) is 11.5. The minimum atomic E-state index is -1.45. The Hall–Kier alpha value is -5.21. The van der Waals surface area contributed by atoms with Gasteiger partial charge in [-0.15, -0.1) is 11.3 Å². The molecule has 268 valence electrons. The summed E-state index contributed by atoms with van der Waals surface area (Å²) >= 11 is 7.82. The maximum Gasteiger partial charge on any atom is 0.328 e. The number of nitrogens with two attached hydrogens (primary N) is 1. The molecule has 4 aliphatic rings. The van der Waals surface area contributed by atoms with Crippen molar-refractivity contribution in [2.45, 2.75) is 32.6 Å². The van der Waals surface area contributed by atoms with Crippen molar-refractivity contribution in [2.24, 2.45) is 41.9 Å². The quantitative estimate of drug-likeness (QED) is 0.203. The van der Waals surface area contributed by atoms with Crippen LogP contribution < -0.4 is 20.1 Å². The largest absolute Gasteiger partial charge is 0.508 e. The molecule has 52 heavy (non-hydrogen) atoms. The first kappa shape index (κ1) is 33.9. The summed E-state index contributed by atoms with van der Waals surface area (Å²) in [7, 11) is 4.50. The van der Waals surface area contributed by atoms with E-state index in [1.807, 2.05) is 31.2 Å². The third-order valence-corrected chi connectivity index (χ3v) is 13.1. The Morgan fingerprint density at radius 2 is 1.73 bits per heavy atom. The molecule has 4 heterocycles. The first-order valence-corrected chi connectivity index (χ1v) is 17.9. The molecule has 6 atom stereocenters. The van der Waals surface area contributed by atoms with E-state index in [1.54, 1.807) is 20.0 Å². The molecule has 6 amide bonds. The number of rotatable bonds is 5. The molecule has 13 nitrogen and oxygen atoms in total. The zero-order valence-electron chi connectivity index (χ0n) is 28.8. The Morgan fingerprint density at radius 1 is 1.04 bits per heavy atom. The van der Waals surface area contributed by atoms with Crippen LogP contribution in [0.25, 0.3) is 20.7 Å². The minimum Gasteiger partial charge on any atom is -0.508 e. The van der Waals surface area contributed by atoms with Gasteiger partial charge in [0.05, 0.1) is 42.3 Å². The second-order valence-electron chi connectivity index (χ2n) is 14.0. The van der Waals surface area contributed by atoms with Crippen LogP contribution >= 0.6 is 22.9 Å². The molecule has 2 aliphatic heterocycles. The van der Waals surface area contributed by atoms with Gasteiger partial charge in [0.15, 0.2) is 0 Å². The molecule has 0 bridgehead atoms. The lowest BCUT2D eigenvalue weighted by molar-refractivity contribution is -0.136. The standard InChI is InChI=1S/C37H34ClN5O8S/c1-15-20-10-16(38)6-9-26(20)52-31(15)23-14-27(41(3)40-23)42-33(46)22-13-21-18(7-8-19-28(21)34(47)43(32(19)45)36(39)49)30(37(22,2)35(42)48)29-24(50-4)11-17(44)12-25(29)51-5/h6-7,9-12,14,19,21-22,28,30,44H,8,13H2,1-5H3,(H2,39,49). The lowest BCUT2D eigenvalue weighted by Crippen LogP contribution is -2.49. The molecule has 4 aromatic rings. The Kier molecular flexibility index (Phi) is 7.60. The molecular formula is C37H34ClN5O8S. The molecule has 6 unspecified atom stereocenters. The number of methoxy groups -OCH3 is 2. The van der Waals surface area contributed by atoms with E-state index in [0.29, 0.717) is 26.8 Å². The van der Waals surface area contributed by atoms with Gasteiger partial charge in [0.1, 0.15) is 28.8 Å². The van der Waals surface area contributed by atoms with Crippen LogP contribution in [0.5, 0.6) is 17.2 Å². The Morgan fingerprint density at radius 3 is 2.38 bits per heavy atom. The number of imide groups is 4. The van der Waals surface area contributed by atoms with E-state index >= 15 is 4.79 Å². The predicted molar refractivity (Wildman–Crippen MR) is 191 cm³/mol. The van der Waals surface area contributed by atoms with Gasteiger partial charge in [-0.25, -0.2) is 9.69 Å². The van der Waals surface area contributed by atoms with E-state index in [9.17, 15) is 24.3 Å². The first-order chi connectivity index (χ1) is 24.7. The number of ether oxygens (including phenoxy) is 2. The molecule has 15 heteroatoms. The third kappa shape index (κ3) is 4.46. The number of amides is 6. The van der Waals surface area contributed by atoms with Gasteiger partial charge in [0.25, 0.3) is 0 Å². The van der Waals surface area contributed by atoms with Crippen molar-refractivity contribution in [2.75, 3.05) is 19.1 Å². The maximum atomic E-state index is 15.1. The molecule has 2 saturated heterocycles. The fraction of sp³-hybridized carbons (Fsp3) is 0.351. The number of halogens is 1. The molecule has 2 aromatic heterocycles. The summed E-state index contributed by atoms with van der Waals surface area (Å²) < 4.78 is 14.1. The number of aromatic nitrogens is 2. The lowest BCUT2D eigenvalue weighted by atomic mass is 9.51. The highest BCUT2D eigenvalue weighted by Gasteiger charge is 2.69. The van der Waals surface area contributed by atoms with Gasteiger partial charge < -0.3 is 20.3 Å². The van der Waals surface area contributed by atoms with Crippen LogP contribution in [0.3, 0.4) is 0 Å². The number of thiophene rings is 1. The van der Waals surface area contributed by atoms with Crippen LogP contribution in [0, 0.1) is 36.0 Å². The van der Waals surface area contributed by atoms with Crippen molar-refractivity contribution < 1.29 is 38.6 Å². The molecule has 0 spiro atoms. The first-order valence-electron chi connectivity index (χ1n) is 16.7. The number of primary amides is 1. The van der Waals surface area contributed by atoms with E-state index in [4.69, 9.17) is 31.9 Å². The minimum absolute atomic E-state index is 0.0519. The number of anilines is 1. The van der Waals surface area contributed by atoms with Crippen LogP contribution in [0.1, 0.15) is 36.8 Å². The number of urea groups is 1. The number of benzene rings is 2. The number of nitrogens with zero attached hydrogens (tertiary/aromatic N) is 4. The normalized spacial score (nSPS) is 26.8. The Bertz CT molecular complexity index is 2310. The molecule has 1 saturated carbocycles. The number of carbonyl (C=O) groups excluding carboxylic acids is 5. The number of phenolic OH excluding ortho intramolecular Hbond substituents is 1. The smallest absolute Gasteiger partial charge is 0.328 e. The number of hydrogen-bond acceptors (Lipinski definition) is 10. The summed E-state index contributed by atoms with van der Waals surface area (Å²) in [6.07, 6.45) is 2.00. The molecule has 0 radical (unpaired) electrons. The average molecular weight is 744 g/mol. The van der Waals surface area contributed by atoms with E-state index < -0.39 is 64.7 Å². The number of fused-ring (bicyclic) bond motifs is 5. The average Bonchev–Trinajstić information content (AvgIpc) is 3.78. The Balaban J connectivity index is 1.30. The van der Waals surface area contributed by atoms with Crippen LogP contribution in [-0.2, 0) is 26.2 Å². The molecular weight excluding hydrogens is 710 g/mol. The van der Waals surface area contributed by atoms with Crippen molar-refractivity contribution in [1.82, 2.24) is 14.7 Å². The van der Waals surface area contributed by atoms with Crippen molar-refractivity contribution in [3.63, 3.8) is 0 Å². The topological polar surface area (TPSA) is 174 Å². The van der Waals surface area contributed by atoms with E-state index in [2.05, 4.69) is 0 Å². The van der Waals surface area contributed by atoms with Gasteiger partial charge in [0.2, 0.25) is 23.6 Å². The van der Waals surface area contributed by atoms with Crippen molar-refractivity contribution >= 4 is 68.5 Å². The van der Waals surface area contributed by atoms with Crippen LogP contribution in [-0.4, -0.2) is 63.7 Å². The number of hydrogen-bond donors (Lipinski definition) is 2. The van der Waals surface area contributed by atoms with Gasteiger partial charge in [-0.1, -0.05) is 23.3 Å². The summed E-state index contributed by atoms with van der Waals surface area (Å²) in [4.78, 5) is 71.9. The molecule has 3 fully saturated rings. The summed E-state index contributed by atoms with van der Waals surface area (Å²) in [5, 5.41) is 16.9. The van der Waals surface area contributed by atoms with Gasteiger partial charge in [0, 0.05) is 46.5 Å². The van der Waals surface area contributed by atoms with Crippen molar-refractivity contribution in [3.8, 4) is 27.8 Å². The van der Waals surface area contributed by atoms with Crippen LogP contribution in [0.4, 0.5) is 10.6 Å². The second kappa shape index (κ2) is 11.7. The van der Waals surface area contributed by atoms with Gasteiger partial charge >= 0.3 is 6.03 Å². The SMILES string of the molecule is COc1cc(O)cc(OC)c1C1C2=CCC3C(=O)N(C(N)=O)C(=O)C3C2CC2C(=O)N(c3cc(-c4sc5ccc(Cl)cc5c4C)nn3C)C(=O)C21C. The van der Waals surface area contributed by atoms with Crippen LogP contribution in [0.15, 0.2) is 48.0 Å². The predicted octanol–water partition coefficient (Wildman–Crippen LogP) is 5.30. The van der Waals surface area contributed by atoms with E-state index in [-0.39, 0.29) is 35.9 Å². The second-order valence-corrected chi connectivity index (χ2v) is 15.5. The zero-order valence-corrected chi connectivity index (χ0v) is 30.4. The number of likely N-dealkylation sites (tertiary alicyclic amines) is 1.